The number of halogens is 2. The Balaban J connectivity index is 1.56. The molecule has 1 heterocycles. The van der Waals surface area contributed by atoms with Crippen LogP contribution in [0, 0.1) is 19.7 Å². The summed E-state index contributed by atoms with van der Waals surface area (Å²) in [6.45, 7) is 4.14. The Morgan fingerprint density at radius 2 is 2.00 bits per heavy atom. The van der Waals surface area contributed by atoms with E-state index in [1.807, 2.05) is 26.0 Å². The highest BCUT2D eigenvalue weighted by Gasteiger charge is 2.13. The summed E-state index contributed by atoms with van der Waals surface area (Å²) >= 11 is 4.63. The molecule has 8 heteroatoms. The second-order valence-corrected chi connectivity index (χ2v) is 8.01. The number of carbonyl (C=O) groups excluding carboxylic acids is 2. The SMILES string of the molecule is Cc1cc(C)c2nc(NC(=O)CCNC(=O)c3cc(F)ccc3Br)sc2c1. The number of amides is 2. The van der Waals surface area contributed by atoms with Gasteiger partial charge in [-0.3, -0.25) is 9.59 Å². The topological polar surface area (TPSA) is 71.1 Å². The zero-order chi connectivity index (χ0) is 19.6. The van der Waals surface area contributed by atoms with Gasteiger partial charge in [0.15, 0.2) is 5.13 Å². The van der Waals surface area contributed by atoms with E-state index in [0.29, 0.717) is 9.60 Å². The van der Waals surface area contributed by atoms with Crippen LogP contribution in [-0.4, -0.2) is 23.3 Å². The minimum atomic E-state index is -0.498. The number of aromatic nitrogens is 1. The predicted molar refractivity (Wildman–Crippen MR) is 109 cm³/mol. The van der Waals surface area contributed by atoms with Gasteiger partial charge in [0.2, 0.25) is 5.91 Å². The van der Waals surface area contributed by atoms with E-state index in [1.54, 1.807) is 0 Å². The normalized spacial score (nSPS) is 10.8. The van der Waals surface area contributed by atoms with E-state index in [1.165, 1.54) is 23.5 Å². The zero-order valence-electron chi connectivity index (χ0n) is 14.7. The highest BCUT2D eigenvalue weighted by molar-refractivity contribution is 9.10. The largest absolute Gasteiger partial charge is 0.351 e. The molecule has 0 aliphatic heterocycles. The number of benzene rings is 2. The summed E-state index contributed by atoms with van der Waals surface area (Å²) in [5, 5.41) is 5.90. The van der Waals surface area contributed by atoms with Crippen molar-refractivity contribution >= 4 is 54.4 Å². The van der Waals surface area contributed by atoms with Crippen LogP contribution < -0.4 is 10.6 Å². The van der Waals surface area contributed by atoms with Crippen molar-refractivity contribution < 1.29 is 14.0 Å². The van der Waals surface area contributed by atoms with Gasteiger partial charge in [-0.05, 0) is 65.2 Å². The summed E-state index contributed by atoms with van der Waals surface area (Å²) in [4.78, 5) is 28.7. The lowest BCUT2D eigenvalue weighted by Gasteiger charge is -2.07. The molecule has 0 saturated carbocycles. The minimum Gasteiger partial charge on any atom is -0.351 e. The lowest BCUT2D eigenvalue weighted by Crippen LogP contribution is -2.28. The molecule has 5 nitrogen and oxygen atoms in total. The van der Waals surface area contributed by atoms with Crippen LogP contribution >= 0.6 is 27.3 Å². The summed E-state index contributed by atoms with van der Waals surface area (Å²) in [6, 6.07) is 7.95. The van der Waals surface area contributed by atoms with Crippen molar-refractivity contribution in [3.8, 4) is 0 Å². The molecular formula is C19H17BrFN3O2S. The quantitative estimate of drug-likeness (QED) is 0.598. The second kappa shape index (κ2) is 8.14. The highest BCUT2D eigenvalue weighted by atomic mass is 79.9. The second-order valence-electron chi connectivity index (χ2n) is 6.13. The Kier molecular flexibility index (Phi) is 5.86. The summed E-state index contributed by atoms with van der Waals surface area (Å²) < 4.78 is 14.8. The molecule has 1 aromatic heterocycles. The average Bonchev–Trinajstić information content (AvgIpc) is 2.99. The third-order valence-corrected chi connectivity index (χ3v) is 5.50. The lowest BCUT2D eigenvalue weighted by molar-refractivity contribution is -0.116. The molecule has 0 atom stereocenters. The Morgan fingerprint density at radius 1 is 1.22 bits per heavy atom. The molecule has 140 valence electrons. The molecule has 0 radical (unpaired) electrons. The molecule has 0 saturated heterocycles. The third kappa shape index (κ3) is 4.70. The van der Waals surface area contributed by atoms with Gasteiger partial charge in [-0.25, -0.2) is 9.37 Å². The molecule has 27 heavy (non-hydrogen) atoms. The number of fused-ring (bicyclic) bond motifs is 1. The smallest absolute Gasteiger partial charge is 0.252 e. The summed E-state index contributed by atoms with van der Waals surface area (Å²) in [5.74, 6) is -1.19. The fourth-order valence-electron chi connectivity index (χ4n) is 2.66. The lowest BCUT2D eigenvalue weighted by atomic mass is 10.1. The monoisotopic (exact) mass is 449 g/mol. The van der Waals surface area contributed by atoms with Gasteiger partial charge in [0, 0.05) is 17.4 Å². The Hall–Kier alpha value is -2.32. The number of aryl methyl sites for hydroxylation is 2. The van der Waals surface area contributed by atoms with Crippen molar-refractivity contribution in [3.05, 3.63) is 57.3 Å². The van der Waals surface area contributed by atoms with E-state index in [-0.39, 0.29) is 24.4 Å². The van der Waals surface area contributed by atoms with E-state index in [4.69, 9.17) is 0 Å². The van der Waals surface area contributed by atoms with Gasteiger partial charge in [-0.15, -0.1) is 0 Å². The first-order valence-electron chi connectivity index (χ1n) is 8.24. The number of rotatable bonds is 5. The maximum Gasteiger partial charge on any atom is 0.252 e. The van der Waals surface area contributed by atoms with Crippen LogP contribution in [0.3, 0.4) is 0 Å². The van der Waals surface area contributed by atoms with Gasteiger partial charge in [-0.1, -0.05) is 17.4 Å². The molecule has 3 rings (SSSR count). The van der Waals surface area contributed by atoms with Gasteiger partial charge in [-0.2, -0.15) is 0 Å². The summed E-state index contributed by atoms with van der Waals surface area (Å²) in [5.41, 5.74) is 3.28. The predicted octanol–water partition coefficient (Wildman–Crippen LogP) is 4.57. The molecule has 0 fully saturated rings. The fraction of sp³-hybridized carbons (Fsp3) is 0.211. The van der Waals surface area contributed by atoms with Crippen molar-refractivity contribution in [2.45, 2.75) is 20.3 Å². The van der Waals surface area contributed by atoms with E-state index in [9.17, 15) is 14.0 Å². The van der Waals surface area contributed by atoms with Crippen LogP contribution in [0.5, 0.6) is 0 Å². The maximum atomic E-state index is 13.3. The Labute approximate surface area is 168 Å². The molecule has 2 N–H and O–H groups in total. The highest BCUT2D eigenvalue weighted by Crippen LogP contribution is 2.29. The molecule has 0 aliphatic carbocycles. The number of carbonyl (C=O) groups is 2. The van der Waals surface area contributed by atoms with Gasteiger partial charge in [0.1, 0.15) is 5.82 Å². The van der Waals surface area contributed by atoms with Crippen LogP contribution in [0.1, 0.15) is 27.9 Å². The average molecular weight is 450 g/mol. The standard InChI is InChI=1S/C19H17BrFN3O2S/c1-10-7-11(2)17-15(8-10)27-19(24-17)23-16(25)5-6-22-18(26)13-9-12(21)3-4-14(13)20/h3-4,7-9H,5-6H2,1-2H3,(H,22,26)(H,23,24,25). The number of hydrogen-bond donors (Lipinski definition) is 2. The molecule has 0 spiro atoms. The van der Waals surface area contributed by atoms with Crippen molar-refractivity contribution in [1.82, 2.24) is 10.3 Å². The molecule has 0 aliphatic rings. The van der Waals surface area contributed by atoms with Crippen LogP contribution in [0.25, 0.3) is 10.2 Å². The molecule has 2 aromatic carbocycles. The number of anilines is 1. The van der Waals surface area contributed by atoms with Crippen molar-refractivity contribution in [1.29, 1.82) is 0 Å². The maximum absolute atomic E-state index is 13.3. The number of hydrogen-bond acceptors (Lipinski definition) is 4. The van der Waals surface area contributed by atoms with E-state index in [2.05, 4.69) is 31.5 Å². The summed E-state index contributed by atoms with van der Waals surface area (Å²) in [6.07, 6.45) is 0.0899. The van der Waals surface area contributed by atoms with Crippen molar-refractivity contribution in [2.75, 3.05) is 11.9 Å². The van der Waals surface area contributed by atoms with Crippen molar-refractivity contribution in [3.63, 3.8) is 0 Å². The third-order valence-electron chi connectivity index (χ3n) is 3.89. The van der Waals surface area contributed by atoms with Crippen molar-refractivity contribution in [2.24, 2.45) is 0 Å². The number of nitrogens with one attached hydrogen (secondary N) is 2. The van der Waals surface area contributed by atoms with Crippen LogP contribution in [0.2, 0.25) is 0 Å². The zero-order valence-corrected chi connectivity index (χ0v) is 17.1. The first-order chi connectivity index (χ1) is 12.8. The van der Waals surface area contributed by atoms with Gasteiger partial charge < -0.3 is 10.6 Å². The molecule has 0 unspecified atom stereocenters. The van der Waals surface area contributed by atoms with Gasteiger partial charge in [0.05, 0.1) is 15.8 Å². The number of nitrogens with zero attached hydrogens (tertiary/aromatic N) is 1. The van der Waals surface area contributed by atoms with Crippen LogP contribution in [0.15, 0.2) is 34.8 Å². The molecule has 2 amide bonds. The fourth-order valence-corrected chi connectivity index (χ4v) is 4.15. The molecule has 0 bridgehead atoms. The Morgan fingerprint density at radius 3 is 2.78 bits per heavy atom. The van der Waals surface area contributed by atoms with E-state index >= 15 is 0 Å². The molecule has 3 aromatic rings. The Bertz CT molecular complexity index is 1040. The van der Waals surface area contributed by atoms with Crippen LogP contribution in [-0.2, 0) is 4.79 Å². The summed E-state index contributed by atoms with van der Waals surface area (Å²) in [7, 11) is 0. The number of thiazole rings is 1. The van der Waals surface area contributed by atoms with Gasteiger partial charge >= 0.3 is 0 Å². The van der Waals surface area contributed by atoms with Gasteiger partial charge in [0.25, 0.3) is 5.91 Å². The minimum absolute atomic E-state index is 0.0899. The first kappa shape index (κ1) is 19.4. The molecular weight excluding hydrogens is 433 g/mol. The first-order valence-corrected chi connectivity index (χ1v) is 9.85. The van der Waals surface area contributed by atoms with Crippen LogP contribution in [0.4, 0.5) is 9.52 Å². The van der Waals surface area contributed by atoms with E-state index in [0.717, 1.165) is 27.4 Å². The van der Waals surface area contributed by atoms with E-state index < -0.39 is 11.7 Å².